The Morgan fingerprint density at radius 1 is 1.29 bits per heavy atom. The standard InChI is InChI=1S/C24H28ClN3O3/c1-15-12-18-20(14-19(15)25)26-23(30)24(18,17-9-5-6-10-21(17)31-4)28-11-7-8-16(28)13-22(29)27(2)3/h5-6,9-10,12,14,16H,7-8,11,13H2,1-4H3,(H,26,30)/t16-,24?/m0/s1. The molecule has 1 N–H and O–H groups in total. The van der Waals surface area contributed by atoms with Crippen LogP contribution in [0, 0.1) is 6.92 Å². The summed E-state index contributed by atoms with van der Waals surface area (Å²) in [5.74, 6) is 0.554. The minimum atomic E-state index is -1.09. The zero-order chi connectivity index (χ0) is 22.3. The number of nitrogens with zero attached hydrogens (tertiary/aromatic N) is 2. The lowest BCUT2D eigenvalue weighted by molar-refractivity contribution is -0.132. The van der Waals surface area contributed by atoms with Gasteiger partial charge in [-0.05, 0) is 43.5 Å². The number of amides is 2. The van der Waals surface area contributed by atoms with Crippen LogP contribution in [-0.2, 0) is 15.1 Å². The van der Waals surface area contributed by atoms with Crippen LogP contribution in [-0.4, -0.2) is 55.4 Å². The highest BCUT2D eigenvalue weighted by Crippen LogP contribution is 2.51. The van der Waals surface area contributed by atoms with Crippen LogP contribution in [0.15, 0.2) is 36.4 Å². The molecular formula is C24H28ClN3O3. The normalized spacial score (nSPS) is 22.9. The number of para-hydroxylation sites is 1. The highest BCUT2D eigenvalue weighted by Gasteiger charge is 2.57. The average molecular weight is 442 g/mol. The second-order valence-corrected chi connectivity index (χ2v) is 8.90. The first-order valence-corrected chi connectivity index (χ1v) is 10.9. The van der Waals surface area contributed by atoms with Crippen molar-refractivity contribution < 1.29 is 14.3 Å². The number of carbonyl (C=O) groups excluding carboxylic acids is 2. The summed E-state index contributed by atoms with van der Waals surface area (Å²) in [5.41, 5.74) is 2.14. The van der Waals surface area contributed by atoms with Crippen LogP contribution >= 0.6 is 11.6 Å². The number of rotatable bonds is 5. The predicted molar refractivity (Wildman–Crippen MR) is 122 cm³/mol. The van der Waals surface area contributed by atoms with Crippen LogP contribution in [0.2, 0.25) is 5.02 Å². The molecule has 1 saturated heterocycles. The third-order valence-corrected chi connectivity index (χ3v) is 6.89. The highest BCUT2D eigenvalue weighted by atomic mass is 35.5. The Bertz CT molecular complexity index is 1040. The molecule has 2 aromatic rings. The van der Waals surface area contributed by atoms with E-state index in [-0.39, 0.29) is 17.9 Å². The van der Waals surface area contributed by atoms with E-state index in [1.165, 1.54) is 0 Å². The summed E-state index contributed by atoms with van der Waals surface area (Å²) in [6, 6.07) is 11.4. The highest BCUT2D eigenvalue weighted by molar-refractivity contribution is 6.32. The number of nitrogens with one attached hydrogen (secondary N) is 1. The fraction of sp³-hybridized carbons (Fsp3) is 0.417. The van der Waals surface area contributed by atoms with E-state index in [0.29, 0.717) is 29.4 Å². The van der Waals surface area contributed by atoms with Gasteiger partial charge < -0.3 is 15.0 Å². The maximum atomic E-state index is 13.8. The molecule has 4 rings (SSSR count). The molecule has 6 nitrogen and oxygen atoms in total. The average Bonchev–Trinajstić information content (AvgIpc) is 3.30. The molecule has 0 aromatic heterocycles. The third kappa shape index (κ3) is 3.38. The van der Waals surface area contributed by atoms with Crippen LogP contribution in [0.5, 0.6) is 5.75 Å². The van der Waals surface area contributed by atoms with Crippen molar-refractivity contribution in [3.05, 3.63) is 58.1 Å². The molecule has 31 heavy (non-hydrogen) atoms. The van der Waals surface area contributed by atoms with Gasteiger partial charge in [0.1, 0.15) is 5.75 Å². The largest absolute Gasteiger partial charge is 0.496 e. The lowest BCUT2D eigenvalue weighted by atomic mass is 9.80. The minimum absolute atomic E-state index is 0.0537. The fourth-order valence-corrected chi connectivity index (χ4v) is 5.11. The van der Waals surface area contributed by atoms with Crippen molar-refractivity contribution in [2.24, 2.45) is 0 Å². The molecule has 0 bridgehead atoms. The maximum Gasteiger partial charge on any atom is 0.254 e. The second kappa shape index (κ2) is 8.17. The number of fused-ring (bicyclic) bond motifs is 1. The van der Waals surface area contributed by atoms with E-state index < -0.39 is 5.54 Å². The second-order valence-electron chi connectivity index (χ2n) is 8.49. The van der Waals surface area contributed by atoms with Gasteiger partial charge in [0.2, 0.25) is 5.91 Å². The van der Waals surface area contributed by atoms with Gasteiger partial charge in [-0.1, -0.05) is 29.8 Å². The SMILES string of the molecule is COc1ccccc1C1(N2CCC[C@H]2CC(=O)N(C)C)C(=O)Nc2cc(Cl)c(C)cc21. The lowest BCUT2D eigenvalue weighted by Gasteiger charge is -2.42. The number of hydrogen-bond acceptors (Lipinski definition) is 4. The van der Waals surface area contributed by atoms with Gasteiger partial charge in [-0.2, -0.15) is 0 Å². The number of methoxy groups -OCH3 is 1. The number of hydrogen-bond donors (Lipinski definition) is 1. The molecule has 0 aliphatic carbocycles. The van der Waals surface area contributed by atoms with Gasteiger partial charge in [0.25, 0.3) is 5.91 Å². The molecule has 2 heterocycles. The summed E-state index contributed by atoms with van der Waals surface area (Å²) in [4.78, 5) is 30.3. The van der Waals surface area contributed by atoms with Gasteiger partial charge in [0.15, 0.2) is 5.54 Å². The van der Waals surface area contributed by atoms with Crippen molar-refractivity contribution in [1.82, 2.24) is 9.80 Å². The molecule has 1 fully saturated rings. The summed E-state index contributed by atoms with van der Waals surface area (Å²) >= 11 is 6.39. The molecular weight excluding hydrogens is 414 g/mol. The molecule has 0 saturated carbocycles. The van der Waals surface area contributed by atoms with Crippen molar-refractivity contribution >= 4 is 29.1 Å². The number of ether oxygens (including phenoxy) is 1. The van der Waals surface area contributed by atoms with Crippen molar-refractivity contribution in [2.75, 3.05) is 33.1 Å². The molecule has 2 aliphatic heterocycles. The minimum Gasteiger partial charge on any atom is -0.496 e. The lowest BCUT2D eigenvalue weighted by Crippen LogP contribution is -2.54. The summed E-state index contributed by atoms with van der Waals surface area (Å²) in [6.07, 6.45) is 2.13. The Hall–Kier alpha value is -2.57. The fourth-order valence-electron chi connectivity index (χ4n) is 4.94. The van der Waals surface area contributed by atoms with Crippen LogP contribution in [0.3, 0.4) is 0 Å². The van der Waals surface area contributed by atoms with Gasteiger partial charge in [0.05, 0.1) is 7.11 Å². The van der Waals surface area contributed by atoms with Crippen LogP contribution in [0.25, 0.3) is 0 Å². The van der Waals surface area contributed by atoms with Gasteiger partial charge in [0, 0.05) is 54.9 Å². The van der Waals surface area contributed by atoms with E-state index in [9.17, 15) is 9.59 Å². The van der Waals surface area contributed by atoms with Gasteiger partial charge >= 0.3 is 0 Å². The number of aryl methyl sites for hydroxylation is 1. The Kier molecular flexibility index (Phi) is 5.71. The first-order chi connectivity index (χ1) is 14.8. The van der Waals surface area contributed by atoms with Gasteiger partial charge in [-0.15, -0.1) is 0 Å². The quantitative estimate of drug-likeness (QED) is 0.766. The summed E-state index contributed by atoms with van der Waals surface area (Å²) in [7, 11) is 5.14. The number of carbonyl (C=O) groups is 2. The molecule has 2 aliphatic rings. The van der Waals surface area contributed by atoms with Crippen molar-refractivity contribution in [3.8, 4) is 5.75 Å². The first kappa shape index (κ1) is 21.7. The monoisotopic (exact) mass is 441 g/mol. The zero-order valence-electron chi connectivity index (χ0n) is 18.4. The van der Waals surface area contributed by atoms with E-state index >= 15 is 0 Å². The molecule has 2 aromatic carbocycles. The Morgan fingerprint density at radius 3 is 2.74 bits per heavy atom. The predicted octanol–water partition coefficient (Wildman–Crippen LogP) is 3.80. The third-order valence-electron chi connectivity index (χ3n) is 6.48. The van der Waals surface area contributed by atoms with Crippen LogP contribution < -0.4 is 10.1 Å². The van der Waals surface area contributed by atoms with Crippen LogP contribution in [0.4, 0.5) is 5.69 Å². The van der Waals surface area contributed by atoms with E-state index in [0.717, 1.165) is 29.5 Å². The molecule has 7 heteroatoms. The number of anilines is 1. The molecule has 164 valence electrons. The van der Waals surface area contributed by atoms with E-state index in [2.05, 4.69) is 10.2 Å². The summed E-state index contributed by atoms with van der Waals surface area (Å²) < 4.78 is 5.71. The Morgan fingerprint density at radius 2 is 2.03 bits per heavy atom. The topological polar surface area (TPSA) is 61.9 Å². The van der Waals surface area contributed by atoms with Crippen LogP contribution in [0.1, 0.15) is 36.0 Å². The van der Waals surface area contributed by atoms with E-state index in [4.69, 9.17) is 16.3 Å². The zero-order valence-corrected chi connectivity index (χ0v) is 19.1. The van der Waals surface area contributed by atoms with Crippen molar-refractivity contribution in [1.29, 1.82) is 0 Å². The molecule has 1 unspecified atom stereocenters. The van der Waals surface area contributed by atoms with E-state index in [1.54, 1.807) is 26.1 Å². The van der Waals surface area contributed by atoms with E-state index in [1.807, 2.05) is 43.3 Å². The molecule has 2 amide bonds. The number of halogens is 1. The first-order valence-electron chi connectivity index (χ1n) is 10.5. The van der Waals surface area contributed by atoms with Crippen molar-refractivity contribution in [3.63, 3.8) is 0 Å². The molecule has 2 atom stereocenters. The van der Waals surface area contributed by atoms with Crippen molar-refractivity contribution in [2.45, 2.75) is 37.8 Å². The molecule has 0 radical (unpaired) electrons. The smallest absolute Gasteiger partial charge is 0.254 e. The molecule has 0 spiro atoms. The summed E-state index contributed by atoms with van der Waals surface area (Å²) in [6.45, 7) is 2.65. The Labute approximate surface area is 188 Å². The number of benzene rings is 2. The maximum absolute atomic E-state index is 13.8. The number of likely N-dealkylation sites (tertiary alicyclic amines) is 1. The van der Waals surface area contributed by atoms with Gasteiger partial charge in [-0.3, -0.25) is 14.5 Å². The van der Waals surface area contributed by atoms with Gasteiger partial charge in [-0.25, -0.2) is 0 Å². The Balaban J connectivity index is 1.96. The summed E-state index contributed by atoms with van der Waals surface area (Å²) in [5, 5.41) is 3.67.